The van der Waals surface area contributed by atoms with Crippen LogP contribution >= 0.6 is 38.9 Å². The molecule has 0 saturated carbocycles. The van der Waals surface area contributed by atoms with Crippen LogP contribution in [0.2, 0.25) is 5.02 Å². The fraction of sp³-hybridized carbons (Fsp3) is 0.500. The van der Waals surface area contributed by atoms with Crippen molar-refractivity contribution in [3.63, 3.8) is 0 Å². The van der Waals surface area contributed by atoms with E-state index in [2.05, 4.69) is 22.9 Å². The zero-order chi connectivity index (χ0) is 8.27. The summed E-state index contributed by atoms with van der Waals surface area (Å²) in [5.74, 6) is 0.672. The molecule has 1 aromatic heterocycles. The minimum atomic E-state index is 0.672. The minimum absolute atomic E-state index is 0.672. The Morgan fingerprint density at radius 3 is 2.91 bits per heavy atom. The first kappa shape index (κ1) is 9.56. The average Bonchev–Trinajstić information content (AvgIpc) is 2.37. The van der Waals surface area contributed by atoms with E-state index in [-0.39, 0.29) is 0 Å². The van der Waals surface area contributed by atoms with Crippen LogP contribution in [0.15, 0.2) is 11.4 Å². The van der Waals surface area contributed by atoms with Crippen molar-refractivity contribution in [2.75, 3.05) is 5.33 Å². The van der Waals surface area contributed by atoms with Gasteiger partial charge in [-0.15, -0.1) is 11.3 Å². The van der Waals surface area contributed by atoms with Crippen LogP contribution in [0.1, 0.15) is 11.8 Å². The lowest BCUT2D eigenvalue weighted by Crippen LogP contribution is -1.98. The van der Waals surface area contributed by atoms with Crippen LogP contribution in [0.3, 0.4) is 0 Å². The molecule has 0 aliphatic heterocycles. The monoisotopic (exact) mass is 252 g/mol. The number of halogens is 2. The van der Waals surface area contributed by atoms with E-state index in [4.69, 9.17) is 11.6 Å². The van der Waals surface area contributed by atoms with E-state index in [1.54, 1.807) is 11.3 Å². The second kappa shape index (κ2) is 4.48. The molecule has 0 saturated heterocycles. The molecule has 0 amide bonds. The SMILES string of the molecule is CC(CBr)Cc1sccc1Cl. The maximum Gasteiger partial charge on any atom is 0.0545 e. The summed E-state index contributed by atoms with van der Waals surface area (Å²) in [5, 5.41) is 4.00. The quantitative estimate of drug-likeness (QED) is 0.715. The Morgan fingerprint density at radius 2 is 2.45 bits per heavy atom. The maximum absolute atomic E-state index is 5.94. The summed E-state index contributed by atoms with van der Waals surface area (Å²) in [6.07, 6.45) is 1.09. The Bertz CT molecular complexity index is 222. The molecule has 1 unspecified atom stereocenters. The summed E-state index contributed by atoms with van der Waals surface area (Å²) in [4.78, 5) is 1.30. The fourth-order valence-electron chi connectivity index (χ4n) is 0.842. The lowest BCUT2D eigenvalue weighted by molar-refractivity contribution is 0.671. The summed E-state index contributed by atoms with van der Waals surface area (Å²) in [6, 6.07) is 1.96. The van der Waals surface area contributed by atoms with Gasteiger partial charge in [-0.3, -0.25) is 0 Å². The number of thiophene rings is 1. The zero-order valence-electron chi connectivity index (χ0n) is 6.31. The third-order valence-electron chi connectivity index (χ3n) is 1.49. The molecule has 0 N–H and O–H groups in total. The van der Waals surface area contributed by atoms with Crippen molar-refractivity contribution in [2.24, 2.45) is 5.92 Å². The van der Waals surface area contributed by atoms with Gasteiger partial charge in [-0.25, -0.2) is 0 Å². The Balaban J connectivity index is 2.56. The second-order valence-corrected chi connectivity index (χ2v) is 4.71. The normalized spacial score (nSPS) is 13.4. The van der Waals surface area contributed by atoms with Gasteiger partial charge >= 0.3 is 0 Å². The smallest absolute Gasteiger partial charge is 0.0545 e. The molecule has 1 rings (SSSR count). The largest absolute Gasteiger partial charge is 0.147 e. The Morgan fingerprint density at radius 1 is 1.73 bits per heavy atom. The number of alkyl halides is 1. The van der Waals surface area contributed by atoms with Gasteiger partial charge in [-0.1, -0.05) is 34.5 Å². The van der Waals surface area contributed by atoms with Crippen molar-refractivity contribution in [3.8, 4) is 0 Å². The first-order chi connectivity index (χ1) is 5.24. The summed E-state index contributed by atoms with van der Waals surface area (Å²) in [5.41, 5.74) is 0. The van der Waals surface area contributed by atoms with Gasteiger partial charge in [0.25, 0.3) is 0 Å². The molecule has 0 bridgehead atoms. The molecule has 3 heteroatoms. The molecule has 1 aromatic rings. The molecular weight excluding hydrogens is 244 g/mol. The Kier molecular flexibility index (Phi) is 3.90. The van der Waals surface area contributed by atoms with Crippen molar-refractivity contribution in [1.29, 1.82) is 0 Å². The summed E-state index contributed by atoms with van der Waals surface area (Å²) in [7, 11) is 0. The average molecular weight is 254 g/mol. The van der Waals surface area contributed by atoms with E-state index < -0.39 is 0 Å². The Labute approximate surface area is 84.7 Å². The number of hydrogen-bond acceptors (Lipinski definition) is 1. The van der Waals surface area contributed by atoms with Crippen molar-refractivity contribution in [3.05, 3.63) is 21.3 Å². The van der Waals surface area contributed by atoms with Crippen molar-refractivity contribution in [2.45, 2.75) is 13.3 Å². The van der Waals surface area contributed by atoms with Crippen LogP contribution in [0, 0.1) is 5.92 Å². The lowest BCUT2D eigenvalue weighted by Gasteiger charge is -2.04. The first-order valence-corrected chi connectivity index (χ1v) is 5.89. The highest BCUT2D eigenvalue weighted by Gasteiger charge is 2.06. The Hall–Kier alpha value is 0.470. The van der Waals surface area contributed by atoms with Crippen molar-refractivity contribution >= 4 is 38.9 Å². The van der Waals surface area contributed by atoms with E-state index in [9.17, 15) is 0 Å². The van der Waals surface area contributed by atoms with Gasteiger partial charge in [-0.2, -0.15) is 0 Å². The summed E-state index contributed by atoms with van der Waals surface area (Å²) >= 11 is 11.1. The predicted octanol–water partition coefficient (Wildman–Crippen LogP) is 3.98. The van der Waals surface area contributed by atoms with Crippen molar-refractivity contribution < 1.29 is 0 Å². The molecule has 0 fully saturated rings. The van der Waals surface area contributed by atoms with Gasteiger partial charge in [0, 0.05) is 10.2 Å². The topological polar surface area (TPSA) is 0 Å². The predicted molar refractivity (Wildman–Crippen MR) is 56.0 cm³/mol. The molecule has 1 atom stereocenters. The van der Waals surface area contributed by atoms with E-state index in [1.165, 1.54) is 4.88 Å². The van der Waals surface area contributed by atoms with Gasteiger partial charge in [-0.05, 0) is 23.8 Å². The second-order valence-electron chi connectivity index (χ2n) is 2.66. The molecule has 11 heavy (non-hydrogen) atoms. The van der Waals surface area contributed by atoms with Gasteiger partial charge in [0.1, 0.15) is 0 Å². The molecule has 0 spiro atoms. The number of rotatable bonds is 3. The third kappa shape index (κ3) is 2.77. The van der Waals surface area contributed by atoms with E-state index in [0.717, 1.165) is 16.8 Å². The molecule has 1 heterocycles. The van der Waals surface area contributed by atoms with Crippen LogP contribution in [0.5, 0.6) is 0 Å². The van der Waals surface area contributed by atoms with E-state index >= 15 is 0 Å². The lowest BCUT2D eigenvalue weighted by atomic mass is 10.1. The van der Waals surface area contributed by atoms with Gasteiger partial charge in [0.05, 0.1) is 5.02 Å². The highest BCUT2D eigenvalue weighted by Crippen LogP contribution is 2.25. The highest BCUT2D eigenvalue weighted by molar-refractivity contribution is 9.09. The maximum atomic E-state index is 5.94. The van der Waals surface area contributed by atoms with E-state index in [1.807, 2.05) is 11.4 Å². The highest BCUT2D eigenvalue weighted by atomic mass is 79.9. The number of hydrogen-bond donors (Lipinski definition) is 0. The molecule has 0 aromatic carbocycles. The van der Waals surface area contributed by atoms with Crippen LogP contribution in [-0.4, -0.2) is 5.33 Å². The van der Waals surface area contributed by atoms with Crippen LogP contribution in [0.4, 0.5) is 0 Å². The fourth-order valence-corrected chi connectivity index (χ4v) is 2.35. The molecule has 0 aliphatic carbocycles. The third-order valence-corrected chi connectivity index (χ3v) is 4.00. The molecular formula is C8H10BrClS. The van der Waals surface area contributed by atoms with Crippen LogP contribution in [0.25, 0.3) is 0 Å². The van der Waals surface area contributed by atoms with Gasteiger partial charge in [0.15, 0.2) is 0 Å². The van der Waals surface area contributed by atoms with Gasteiger partial charge in [0.2, 0.25) is 0 Å². The summed E-state index contributed by atoms with van der Waals surface area (Å²) < 4.78 is 0. The van der Waals surface area contributed by atoms with Gasteiger partial charge < -0.3 is 0 Å². The van der Waals surface area contributed by atoms with E-state index in [0.29, 0.717) is 5.92 Å². The zero-order valence-corrected chi connectivity index (χ0v) is 9.47. The van der Waals surface area contributed by atoms with Crippen LogP contribution in [-0.2, 0) is 6.42 Å². The van der Waals surface area contributed by atoms with Crippen LogP contribution < -0.4 is 0 Å². The standard InChI is InChI=1S/C8H10BrClS/c1-6(5-9)4-8-7(10)2-3-11-8/h2-3,6H,4-5H2,1H3. The molecule has 0 nitrogen and oxygen atoms in total. The molecule has 0 aliphatic rings. The molecule has 0 radical (unpaired) electrons. The summed E-state index contributed by atoms with van der Waals surface area (Å²) in [6.45, 7) is 2.21. The van der Waals surface area contributed by atoms with Crippen molar-refractivity contribution in [1.82, 2.24) is 0 Å². The first-order valence-electron chi connectivity index (χ1n) is 3.52. The molecule has 62 valence electrons. The minimum Gasteiger partial charge on any atom is -0.147 e.